The Kier molecular flexibility index (Phi) is 6.84. The smallest absolute Gasteiger partial charge is 0.305 e. The van der Waals surface area contributed by atoms with Crippen molar-refractivity contribution in [2.45, 2.75) is 52.0 Å². The molecule has 5 nitrogen and oxygen atoms in total. The van der Waals surface area contributed by atoms with Crippen molar-refractivity contribution in [1.82, 2.24) is 4.90 Å². The second-order valence-corrected chi connectivity index (χ2v) is 5.11. The maximum atomic E-state index is 12.5. The molecule has 2 unspecified atom stereocenters. The van der Waals surface area contributed by atoms with E-state index < -0.39 is 5.97 Å². The van der Waals surface area contributed by atoms with Crippen LogP contribution in [0.5, 0.6) is 0 Å². The van der Waals surface area contributed by atoms with Gasteiger partial charge < -0.3 is 14.7 Å². The molecule has 110 valence electrons. The molecule has 0 bridgehead atoms. The van der Waals surface area contributed by atoms with E-state index in [-0.39, 0.29) is 24.3 Å². The van der Waals surface area contributed by atoms with Crippen molar-refractivity contribution in [2.75, 3.05) is 19.8 Å². The van der Waals surface area contributed by atoms with Crippen LogP contribution in [0.25, 0.3) is 0 Å². The summed E-state index contributed by atoms with van der Waals surface area (Å²) in [6, 6.07) is -0.311. The lowest BCUT2D eigenvalue weighted by Crippen LogP contribution is -2.51. The van der Waals surface area contributed by atoms with E-state index in [1.807, 2.05) is 6.92 Å². The van der Waals surface area contributed by atoms with Gasteiger partial charge in [0.15, 0.2) is 0 Å². The van der Waals surface area contributed by atoms with Gasteiger partial charge in [-0.05, 0) is 12.8 Å². The van der Waals surface area contributed by atoms with E-state index >= 15 is 0 Å². The lowest BCUT2D eigenvalue weighted by Gasteiger charge is -2.37. The number of carboxylic acids is 1. The van der Waals surface area contributed by atoms with E-state index in [0.29, 0.717) is 19.8 Å². The SMILES string of the molecule is CCCCC(CC)C(=O)N1CCOCC1CC(=O)O. The first-order valence-electron chi connectivity index (χ1n) is 7.20. The van der Waals surface area contributed by atoms with Gasteiger partial charge in [-0.15, -0.1) is 0 Å². The summed E-state index contributed by atoms with van der Waals surface area (Å²) < 4.78 is 5.30. The highest BCUT2D eigenvalue weighted by Gasteiger charge is 2.32. The molecule has 0 spiro atoms. The van der Waals surface area contributed by atoms with Crippen molar-refractivity contribution >= 4 is 11.9 Å². The first-order chi connectivity index (χ1) is 9.10. The molecule has 1 rings (SSSR count). The van der Waals surface area contributed by atoms with Crippen LogP contribution < -0.4 is 0 Å². The number of carboxylic acid groups (broad SMARTS) is 1. The Morgan fingerprint density at radius 2 is 2.16 bits per heavy atom. The number of ether oxygens (including phenoxy) is 1. The van der Waals surface area contributed by atoms with Crippen LogP contribution in [-0.2, 0) is 14.3 Å². The number of nitrogens with zero attached hydrogens (tertiary/aromatic N) is 1. The van der Waals surface area contributed by atoms with Gasteiger partial charge in [0.2, 0.25) is 5.91 Å². The summed E-state index contributed by atoms with van der Waals surface area (Å²) >= 11 is 0. The average Bonchev–Trinajstić information content (AvgIpc) is 2.39. The molecule has 2 atom stereocenters. The Balaban J connectivity index is 2.66. The normalized spacial score (nSPS) is 21.2. The van der Waals surface area contributed by atoms with E-state index in [1.165, 1.54) is 0 Å². The van der Waals surface area contributed by atoms with Crippen LogP contribution in [0.4, 0.5) is 0 Å². The van der Waals surface area contributed by atoms with Crippen molar-refractivity contribution < 1.29 is 19.4 Å². The Hall–Kier alpha value is -1.10. The minimum atomic E-state index is -0.880. The predicted molar refractivity (Wildman–Crippen MR) is 71.9 cm³/mol. The Morgan fingerprint density at radius 3 is 2.74 bits per heavy atom. The van der Waals surface area contributed by atoms with Crippen LogP contribution in [-0.4, -0.2) is 47.7 Å². The second-order valence-electron chi connectivity index (χ2n) is 5.11. The average molecular weight is 271 g/mol. The summed E-state index contributed by atoms with van der Waals surface area (Å²) in [5.41, 5.74) is 0. The molecule has 1 amide bonds. The Morgan fingerprint density at radius 1 is 1.42 bits per heavy atom. The van der Waals surface area contributed by atoms with Gasteiger partial charge in [0, 0.05) is 12.5 Å². The van der Waals surface area contributed by atoms with Crippen LogP contribution in [0.1, 0.15) is 46.0 Å². The van der Waals surface area contributed by atoms with Gasteiger partial charge in [-0.1, -0.05) is 26.7 Å². The second kappa shape index (κ2) is 8.15. The molecule has 1 fully saturated rings. The van der Waals surface area contributed by atoms with Crippen LogP contribution in [0.2, 0.25) is 0 Å². The fraction of sp³-hybridized carbons (Fsp3) is 0.857. The molecule has 1 saturated heterocycles. The molecule has 1 heterocycles. The number of unbranched alkanes of at least 4 members (excludes halogenated alkanes) is 1. The molecular weight excluding hydrogens is 246 g/mol. The minimum Gasteiger partial charge on any atom is -0.481 e. The van der Waals surface area contributed by atoms with Gasteiger partial charge in [-0.2, -0.15) is 0 Å². The highest BCUT2D eigenvalue weighted by atomic mass is 16.5. The lowest BCUT2D eigenvalue weighted by molar-refractivity contribution is -0.149. The van der Waals surface area contributed by atoms with E-state index in [9.17, 15) is 9.59 Å². The third-order valence-electron chi connectivity index (χ3n) is 3.67. The monoisotopic (exact) mass is 271 g/mol. The van der Waals surface area contributed by atoms with Crippen molar-refractivity contribution in [1.29, 1.82) is 0 Å². The van der Waals surface area contributed by atoms with Crippen LogP contribution in [0.3, 0.4) is 0 Å². The summed E-state index contributed by atoms with van der Waals surface area (Å²) in [4.78, 5) is 25.1. The van der Waals surface area contributed by atoms with Gasteiger partial charge in [-0.3, -0.25) is 9.59 Å². The molecule has 1 aliphatic rings. The minimum absolute atomic E-state index is 0.0225. The standard InChI is InChI=1S/C14H25NO4/c1-3-5-6-11(4-2)14(18)15-7-8-19-10-12(15)9-13(16)17/h11-12H,3-10H2,1-2H3,(H,16,17). The molecule has 0 aliphatic carbocycles. The van der Waals surface area contributed by atoms with Gasteiger partial charge in [-0.25, -0.2) is 0 Å². The quantitative estimate of drug-likeness (QED) is 0.768. The van der Waals surface area contributed by atoms with E-state index in [4.69, 9.17) is 9.84 Å². The van der Waals surface area contributed by atoms with Gasteiger partial charge in [0.05, 0.1) is 25.7 Å². The molecule has 0 aromatic carbocycles. The molecule has 1 N–H and O–H groups in total. The number of amides is 1. The lowest BCUT2D eigenvalue weighted by atomic mass is 9.96. The highest BCUT2D eigenvalue weighted by molar-refractivity contribution is 5.80. The fourth-order valence-corrected chi connectivity index (χ4v) is 2.50. The summed E-state index contributed by atoms with van der Waals surface area (Å²) in [6.45, 7) is 5.48. The van der Waals surface area contributed by atoms with Gasteiger partial charge in [0.25, 0.3) is 0 Å². The third-order valence-corrected chi connectivity index (χ3v) is 3.67. The first kappa shape index (κ1) is 16.0. The number of aliphatic carboxylic acids is 1. The number of carbonyl (C=O) groups is 2. The summed E-state index contributed by atoms with van der Waals surface area (Å²) in [7, 11) is 0. The van der Waals surface area contributed by atoms with Crippen molar-refractivity contribution in [3.8, 4) is 0 Å². The molecule has 5 heteroatoms. The largest absolute Gasteiger partial charge is 0.481 e. The summed E-state index contributed by atoms with van der Waals surface area (Å²) in [5, 5.41) is 8.91. The summed E-state index contributed by atoms with van der Waals surface area (Å²) in [6.07, 6.45) is 3.79. The van der Waals surface area contributed by atoms with E-state index in [0.717, 1.165) is 25.7 Å². The van der Waals surface area contributed by atoms with Crippen molar-refractivity contribution in [3.05, 3.63) is 0 Å². The highest BCUT2D eigenvalue weighted by Crippen LogP contribution is 2.20. The molecule has 0 aromatic rings. The van der Waals surface area contributed by atoms with E-state index in [1.54, 1.807) is 4.90 Å². The topological polar surface area (TPSA) is 66.8 Å². The fourth-order valence-electron chi connectivity index (χ4n) is 2.50. The zero-order valence-corrected chi connectivity index (χ0v) is 11.9. The molecular formula is C14H25NO4. The number of rotatable bonds is 7. The number of hydrogen-bond acceptors (Lipinski definition) is 3. The van der Waals surface area contributed by atoms with E-state index in [2.05, 4.69) is 6.92 Å². The molecule has 0 aromatic heterocycles. The zero-order valence-electron chi connectivity index (χ0n) is 11.9. The van der Waals surface area contributed by atoms with Crippen LogP contribution in [0, 0.1) is 5.92 Å². The molecule has 1 aliphatic heterocycles. The molecule has 0 saturated carbocycles. The molecule has 19 heavy (non-hydrogen) atoms. The third kappa shape index (κ3) is 4.82. The maximum Gasteiger partial charge on any atom is 0.305 e. The van der Waals surface area contributed by atoms with Crippen molar-refractivity contribution in [2.24, 2.45) is 5.92 Å². The maximum absolute atomic E-state index is 12.5. The van der Waals surface area contributed by atoms with Crippen LogP contribution >= 0.6 is 0 Å². The van der Waals surface area contributed by atoms with Crippen molar-refractivity contribution in [3.63, 3.8) is 0 Å². The zero-order chi connectivity index (χ0) is 14.3. The van der Waals surface area contributed by atoms with Gasteiger partial charge in [0.1, 0.15) is 0 Å². The molecule has 0 radical (unpaired) electrons. The summed E-state index contributed by atoms with van der Waals surface area (Å²) in [5.74, 6) is -0.755. The van der Waals surface area contributed by atoms with Crippen LogP contribution in [0.15, 0.2) is 0 Å². The Labute approximate surface area is 114 Å². The predicted octanol–water partition coefficient (Wildman–Crippen LogP) is 1.90. The number of hydrogen-bond donors (Lipinski definition) is 1. The first-order valence-corrected chi connectivity index (χ1v) is 7.20. The number of carbonyl (C=O) groups excluding carboxylic acids is 1. The number of morpholine rings is 1. The Bertz CT molecular complexity index is 306. The van der Waals surface area contributed by atoms with Gasteiger partial charge >= 0.3 is 5.97 Å².